The van der Waals surface area contributed by atoms with Gasteiger partial charge in [-0.1, -0.05) is 0 Å². The van der Waals surface area contributed by atoms with Gasteiger partial charge in [0, 0.05) is 25.9 Å². The molecule has 14 heavy (non-hydrogen) atoms. The van der Waals surface area contributed by atoms with Crippen LogP contribution >= 0.6 is 0 Å². The van der Waals surface area contributed by atoms with Gasteiger partial charge in [-0.2, -0.15) is 13.8 Å². The quantitative estimate of drug-likeness (QED) is 0.484. The van der Waals surface area contributed by atoms with Crippen LogP contribution in [-0.2, 0) is 0 Å². The van der Waals surface area contributed by atoms with Crippen LogP contribution in [0.2, 0.25) is 0 Å². The molecule has 0 N–H and O–H groups in total. The van der Waals surface area contributed by atoms with E-state index in [-0.39, 0.29) is 25.9 Å². The number of nitrogens with zero attached hydrogens (tertiary/aromatic N) is 2. The molecule has 2 heterocycles. The van der Waals surface area contributed by atoms with Crippen molar-refractivity contribution >= 4 is 0 Å². The monoisotopic (exact) mass is 212 g/mol. The zero-order valence-corrected chi connectivity index (χ0v) is 7.65. The lowest BCUT2D eigenvalue weighted by Gasteiger charge is -2.32. The number of hydrazine groups is 1. The van der Waals surface area contributed by atoms with Gasteiger partial charge in [-0.3, -0.25) is 0 Å². The topological polar surface area (TPSA) is 6.48 Å². The second-order valence-corrected chi connectivity index (χ2v) is 3.89. The molecule has 0 unspecified atom stereocenters. The summed E-state index contributed by atoms with van der Waals surface area (Å²) >= 11 is 0. The van der Waals surface area contributed by atoms with Crippen LogP contribution in [0.4, 0.5) is 17.6 Å². The first-order valence-electron chi connectivity index (χ1n) is 4.69. The first-order valence-corrected chi connectivity index (χ1v) is 4.69. The van der Waals surface area contributed by atoms with Gasteiger partial charge in [0.2, 0.25) is 0 Å². The van der Waals surface area contributed by atoms with Crippen molar-refractivity contribution in [2.24, 2.45) is 0 Å². The average Bonchev–Trinajstić information content (AvgIpc) is 2.53. The van der Waals surface area contributed by atoms with Gasteiger partial charge in [-0.25, -0.2) is 13.8 Å². The lowest BCUT2D eigenvalue weighted by molar-refractivity contribution is -0.214. The van der Waals surface area contributed by atoms with Crippen LogP contribution in [0, 0.1) is 0 Å². The molecule has 0 aromatic carbocycles. The van der Waals surface area contributed by atoms with E-state index >= 15 is 0 Å². The maximum atomic E-state index is 13.2. The molecule has 2 aliphatic heterocycles. The first-order chi connectivity index (χ1) is 6.41. The molecule has 0 spiro atoms. The summed E-state index contributed by atoms with van der Waals surface area (Å²) in [6.45, 7) is -0.353. The molecule has 0 amide bonds. The van der Waals surface area contributed by atoms with Crippen molar-refractivity contribution < 1.29 is 17.6 Å². The highest BCUT2D eigenvalue weighted by Crippen LogP contribution is 2.37. The Bertz CT molecular complexity index is 231. The molecule has 2 saturated heterocycles. The summed E-state index contributed by atoms with van der Waals surface area (Å²) in [6, 6.07) is -2.93. The molecular weight excluding hydrogens is 200 g/mol. The Balaban J connectivity index is 2.03. The first kappa shape index (κ1) is 10.2. The van der Waals surface area contributed by atoms with Gasteiger partial charge < -0.3 is 0 Å². The summed E-state index contributed by atoms with van der Waals surface area (Å²) in [5, 5.41) is 1.89. The highest BCUT2D eigenvalue weighted by molar-refractivity contribution is 4.85. The van der Waals surface area contributed by atoms with Crippen molar-refractivity contribution in [1.82, 2.24) is 10.0 Å². The molecule has 2 fully saturated rings. The van der Waals surface area contributed by atoms with Crippen molar-refractivity contribution in [3.63, 3.8) is 0 Å². The SMILES string of the molecule is FC1(F)CCN(N2CCCC2(F)F)C1. The van der Waals surface area contributed by atoms with Crippen LogP contribution < -0.4 is 0 Å². The normalized spacial score (nSPS) is 32.6. The Morgan fingerprint density at radius 3 is 2.07 bits per heavy atom. The molecule has 0 aliphatic carbocycles. The molecule has 0 aromatic heterocycles. The molecule has 6 heteroatoms. The van der Waals surface area contributed by atoms with E-state index in [4.69, 9.17) is 0 Å². The van der Waals surface area contributed by atoms with Crippen molar-refractivity contribution in [2.45, 2.75) is 31.2 Å². The Morgan fingerprint density at radius 1 is 0.929 bits per heavy atom. The van der Waals surface area contributed by atoms with Crippen LogP contribution in [0.5, 0.6) is 0 Å². The van der Waals surface area contributed by atoms with Crippen LogP contribution in [0.3, 0.4) is 0 Å². The van der Waals surface area contributed by atoms with Gasteiger partial charge in [-0.05, 0) is 6.42 Å². The minimum atomic E-state index is -2.93. The molecule has 2 nitrogen and oxygen atoms in total. The highest BCUT2D eigenvalue weighted by atomic mass is 19.3. The van der Waals surface area contributed by atoms with E-state index in [0.717, 1.165) is 10.0 Å². The molecule has 0 radical (unpaired) electrons. The predicted molar refractivity (Wildman–Crippen MR) is 42.0 cm³/mol. The van der Waals surface area contributed by atoms with Crippen LogP contribution in [0.15, 0.2) is 0 Å². The van der Waals surface area contributed by atoms with E-state index in [2.05, 4.69) is 0 Å². The third-order valence-electron chi connectivity index (χ3n) is 2.72. The Hall–Kier alpha value is -0.360. The fourth-order valence-corrected chi connectivity index (χ4v) is 2.01. The van der Waals surface area contributed by atoms with Crippen LogP contribution in [0.1, 0.15) is 19.3 Å². The minimum Gasteiger partial charge on any atom is -0.231 e. The molecule has 0 saturated carbocycles. The minimum absolute atomic E-state index is 0.0303. The fourth-order valence-electron chi connectivity index (χ4n) is 2.01. The van der Waals surface area contributed by atoms with E-state index in [1.54, 1.807) is 0 Å². The zero-order chi connectivity index (χ0) is 10.4. The van der Waals surface area contributed by atoms with Gasteiger partial charge in [0.1, 0.15) is 0 Å². The molecular formula is C8H12F4N2. The molecule has 2 aliphatic rings. The lowest BCUT2D eigenvalue weighted by Crippen LogP contribution is -2.48. The summed E-state index contributed by atoms with van der Waals surface area (Å²) in [5.74, 6) is -2.81. The zero-order valence-electron chi connectivity index (χ0n) is 7.65. The summed E-state index contributed by atoms with van der Waals surface area (Å²) in [4.78, 5) is 0. The van der Waals surface area contributed by atoms with Crippen LogP contribution in [0.25, 0.3) is 0 Å². The fraction of sp³-hybridized carbons (Fsp3) is 1.00. The summed E-state index contributed by atoms with van der Waals surface area (Å²) < 4.78 is 51.9. The smallest absolute Gasteiger partial charge is 0.231 e. The second-order valence-electron chi connectivity index (χ2n) is 3.89. The molecule has 2 rings (SSSR count). The largest absolute Gasteiger partial charge is 0.317 e. The van der Waals surface area contributed by atoms with Gasteiger partial charge in [-0.15, -0.1) is 0 Å². The van der Waals surface area contributed by atoms with Gasteiger partial charge in [0.25, 0.3) is 5.92 Å². The number of halogens is 4. The molecule has 82 valence electrons. The third-order valence-corrected chi connectivity index (χ3v) is 2.72. The Kier molecular flexibility index (Phi) is 2.23. The summed E-state index contributed by atoms with van der Waals surface area (Å²) in [7, 11) is 0. The number of hydrogen-bond donors (Lipinski definition) is 0. The van der Waals surface area contributed by atoms with E-state index in [9.17, 15) is 17.6 Å². The van der Waals surface area contributed by atoms with E-state index in [1.807, 2.05) is 0 Å². The maximum Gasteiger partial charge on any atom is 0.317 e. The average molecular weight is 212 g/mol. The van der Waals surface area contributed by atoms with E-state index in [0.29, 0.717) is 6.42 Å². The molecule has 0 aromatic rings. The van der Waals surface area contributed by atoms with Gasteiger partial charge in [0.15, 0.2) is 0 Å². The van der Waals surface area contributed by atoms with Crippen molar-refractivity contribution in [1.29, 1.82) is 0 Å². The summed E-state index contributed by atoms with van der Waals surface area (Å²) in [5.41, 5.74) is 0. The number of hydrogen-bond acceptors (Lipinski definition) is 2. The van der Waals surface area contributed by atoms with Crippen molar-refractivity contribution in [3.05, 3.63) is 0 Å². The molecule has 0 atom stereocenters. The van der Waals surface area contributed by atoms with E-state index in [1.165, 1.54) is 0 Å². The maximum absolute atomic E-state index is 13.2. The second kappa shape index (κ2) is 3.06. The Morgan fingerprint density at radius 2 is 1.64 bits per heavy atom. The summed E-state index contributed by atoms with van der Waals surface area (Å²) in [6.07, 6.45) is -0.177. The molecule has 0 bridgehead atoms. The van der Waals surface area contributed by atoms with E-state index < -0.39 is 18.5 Å². The van der Waals surface area contributed by atoms with Crippen molar-refractivity contribution in [3.8, 4) is 0 Å². The Labute approximate surface area is 79.4 Å². The third kappa shape index (κ3) is 1.72. The van der Waals surface area contributed by atoms with Crippen molar-refractivity contribution in [2.75, 3.05) is 19.6 Å². The highest BCUT2D eigenvalue weighted by Gasteiger charge is 2.50. The van der Waals surface area contributed by atoms with Gasteiger partial charge in [0.05, 0.1) is 6.54 Å². The van der Waals surface area contributed by atoms with Gasteiger partial charge >= 0.3 is 6.05 Å². The number of rotatable bonds is 1. The van der Waals surface area contributed by atoms with Crippen LogP contribution in [-0.4, -0.2) is 41.6 Å². The predicted octanol–water partition coefficient (Wildman–Crippen LogP) is 1.93. The number of alkyl halides is 4. The standard InChI is InChI=1S/C8H12F4N2/c9-7(10)3-5-13(6-7)14-4-1-2-8(14,11)12/h1-6H2. The lowest BCUT2D eigenvalue weighted by atomic mass is 10.3.